The van der Waals surface area contributed by atoms with Crippen LogP contribution in [0.4, 0.5) is 0 Å². The monoisotopic (exact) mass is 243 g/mol. The first-order valence-corrected chi connectivity index (χ1v) is 6.19. The van der Waals surface area contributed by atoms with Crippen LogP contribution in [0.5, 0.6) is 5.75 Å². The van der Waals surface area contributed by atoms with Gasteiger partial charge in [-0.15, -0.1) is 0 Å². The second-order valence-corrected chi connectivity index (χ2v) is 4.76. The summed E-state index contributed by atoms with van der Waals surface area (Å²) in [4.78, 5) is 4.45. The summed E-state index contributed by atoms with van der Waals surface area (Å²) in [5, 5.41) is 7.24. The van der Waals surface area contributed by atoms with Crippen molar-refractivity contribution in [3.63, 3.8) is 0 Å². The molecule has 1 aromatic carbocycles. The lowest BCUT2D eigenvalue weighted by Gasteiger charge is -2.22. The van der Waals surface area contributed by atoms with E-state index in [-0.39, 0.29) is 6.10 Å². The lowest BCUT2D eigenvalue weighted by atomic mass is 10.0. The zero-order valence-electron chi connectivity index (χ0n) is 9.80. The summed E-state index contributed by atoms with van der Waals surface area (Å²) in [6, 6.07) is 8.05. The maximum Gasteiger partial charge on any atom is 0.232 e. The number of aromatic nitrogens is 2. The number of para-hydroxylation sites is 1. The zero-order chi connectivity index (χ0) is 11.9. The predicted molar refractivity (Wildman–Crippen MR) is 63.4 cm³/mol. The molecule has 3 heterocycles. The number of ether oxygens (including phenoxy) is 1. The van der Waals surface area contributed by atoms with Gasteiger partial charge in [-0.25, -0.2) is 0 Å². The lowest BCUT2D eigenvalue weighted by Crippen LogP contribution is -2.40. The minimum atomic E-state index is -0.104. The molecule has 1 atom stereocenters. The van der Waals surface area contributed by atoms with Crippen molar-refractivity contribution in [2.75, 3.05) is 13.1 Å². The molecule has 0 amide bonds. The average Bonchev–Trinajstić information content (AvgIpc) is 2.91. The number of hydrogen-bond acceptors (Lipinski definition) is 5. The van der Waals surface area contributed by atoms with E-state index >= 15 is 0 Å². The Morgan fingerprint density at radius 2 is 2.11 bits per heavy atom. The summed E-state index contributed by atoms with van der Waals surface area (Å²) < 4.78 is 11.1. The fraction of sp³-hybridized carbons (Fsp3) is 0.385. The highest BCUT2D eigenvalue weighted by atomic mass is 16.5. The molecule has 2 aliphatic heterocycles. The van der Waals surface area contributed by atoms with E-state index in [4.69, 9.17) is 9.26 Å². The quantitative estimate of drug-likeness (QED) is 0.864. The Labute approximate surface area is 104 Å². The van der Waals surface area contributed by atoms with E-state index in [1.165, 1.54) is 5.56 Å². The van der Waals surface area contributed by atoms with Gasteiger partial charge < -0.3 is 14.6 Å². The van der Waals surface area contributed by atoms with Crippen LogP contribution in [0.15, 0.2) is 28.8 Å². The standard InChI is InChI=1S/C13H13N3O2/c1-2-4-10-8(3-1)5-11(17-10)12-15-13(18-16-12)9-6-14-7-9/h1-4,9,11,14H,5-7H2. The van der Waals surface area contributed by atoms with Crippen LogP contribution in [0.3, 0.4) is 0 Å². The first-order chi connectivity index (χ1) is 8.90. The van der Waals surface area contributed by atoms with Crippen LogP contribution in [0.1, 0.15) is 29.3 Å². The van der Waals surface area contributed by atoms with E-state index in [0.717, 1.165) is 31.2 Å². The number of rotatable bonds is 2. The summed E-state index contributed by atoms with van der Waals surface area (Å²) >= 11 is 0. The van der Waals surface area contributed by atoms with Gasteiger partial charge in [-0.3, -0.25) is 0 Å². The molecular formula is C13H13N3O2. The molecule has 2 aliphatic rings. The highest BCUT2D eigenvalue weighted by Gasteiger charge is 2.31. The molecule has 92 valence electrons. The number of fused-ring (bicyclic) bond motifs is 1. The van der Waals surface area contributed by atoms with E-state index in [9.17, 15) is 0 Å². The van der Waals surface area contributed by atoms with Gasteiger partial charge in [0.05, 0.1) is 5.92 Å². The molecule has 1 unspecified atom stereocenters. The number of benzene rings is 1. The van der Waals surface area contributed by atoms with Gasteiger partial charge >= 0.3 is 0 Å². The third-order valence-electron chi connectivity index (χ3n) is 3.52. The molecule has 1 saturated heterocycles. The molecule has 1 N–H and O–H groups in total. The highest BCUT2D eigenvalue weighted by Crippen LogP contribution is 2.35. The van der Waals surface area contributed by atoms with Crippen molar-refractivity contribution in [3.05, 3.63) is 41.5 Å². The van der Waals surface area contributed by atoms with Gasteiger partial charge in [0, 0.05) is 19.5 Å². The smallest absolute Gasteiger partial charge is 0.232 e. The minimum Gasteiger partial charge on any atom is -0.482 e. The maximum absolute atomic E-state index is 5.84. The molecular weight excluding hydrogens is 230 g/mol. The molecule has 0 spiro atoms. The Bertz CT molecular complexity index is 552. The van der Waals surface area contributed by atoms with Gasteiger partial charge in [0.25, 0.3) is 0 Å². The van der Waals surface area contributed by atoms with Crippen LogP contribution in [0.25, 0.3) is 0 Å². The van der Waals surface area contributed by atoms with E-state index in [1.54, 1.807) is 0 Å². The molecule has 2 aromatic rings. The largest absolute Gasteiger partial charge is 0.482 e. The molecule has 0 radical (unpaired) electrons. The fourth-order valence-corrected chi connectivity index (χ4v) is 2.33. The molecule has 1 fully saturated rings. The summed E-state index contributed by atoms with van der Waals surface area (Å²) in [6.45, 7) is 1.85. The van der Waals surface area contributed by atoms with E-state index in [0.29, 0.717) is 11.7 Å². The summed E-state index contributed by atoms with van der Waals surface area (Å²) in [5.74, 6) is 2.69. The Balaban J connectivity index is 1.56. The van der Waals surface area contributed by atoms with Gasteiger partial charge in [-0.05, 0) is 11.6 Å². The third-order valence-corrected chi connectivity index (χ3v) is 3.52. The normalized spacial score (nSPS) is 22.3. The lowest BCUT2D eigenvalue weighted by molar-refractivity contribution is 0.220. The van der Waals surface area contributed by atoms with Gasteiger partial charge in [0.15, 0.2) is 6.10 Å². The fourth-order valence-electron chi connectivity index (χ4n) is 2.33. The SMILES string of the molecule is c1ccc2c(c1)CC(c1noc(C3CNC3)n1)O2. The minimum absolute atomic E-state index is 0.104. The van der Waals surface area contributed by atoms with Crippen LogP contribution in [0.2, 0.25) is 0 Å². The van der Waals surface area contributed by atoms with Crippen molar-refractivity contribution in [3.8, 4) is 5.75 Å². The topological polar surface area (TPSA) is 60.2 Å². The molecule has 0 bridgehead atoms. The van der Waals surface area contributed by atoms with Crippen LogP contribution >= 0.6 is 0 Å². The van der Waals surface area contributed by atoms with Crippen molar-refractivity contribution in [2.45, 2.75) is 18.4 Å². The van der Waals surface area contributed by atoms with E-state index < -0.39 is 0 Å². The Morgan fingerprint density at radius 3 is 2.89 bits per heavy atom. The molecule has 5 nitrogen and oxygen atoms in total. The number of nitrogens with one attached hydrogen (secondary N) is 1. The van der Waals surface area contributed by atoms with Gasteiger partial charge in [-0.1, -0.05) is 23.4 Å². The predicted octanol–water partition coefficient (Wildman–Crippen LogP) is 1.43. The molecule has 0 saturated carbocycles. The van der Waals surface area contributed by atoms with Crippen LogP contribution in [-0.4, -0.2) is 23.2 Å². The highest BCUT2D eigenvalue weighted by molar-refractivity contribution is 5.37. The average molecular weight is 243 g/mol. The summed E-state index contributed by atoms with van der Waals surface area (Å²) in [5.41, 5.74) is 1.21. The van der Waals surface area contributed by atoms with Gasteiger partial charge in [0.2, 0.25) is 11.7 Å². The van der Waals surface area contributed by atoms with Crippen LogP contribution < -0.4 is 10.1 Å². The van der Waals surface area contributed by atoms with Crippen LogP contribution in [0, 0.1) is 0 Å². The van der Waals surface area contributed by atoms with Crippen molar-refractivity contribution >= 4 is 0 Å². The molecule has 0 aliphatic carbocycles. The summed E-state index contributed by atoms with van der Waals surface area (Å²) in [7, 11) is 0. The van der Waals surface area contributed by atoms with E-state index in [1.807, 2.05) is 18.2 Å². The van der Waals surface area contributed by atoms with Gasteiger partial charge in [0.1, 0.15) is 5.75 Å². The maximum atomic E-state index is 5.84. The van der Waals surface area contributed by atoms with Crippen LogP contribution in [-0.2, 0) is 6.42 Å². The van der Waals surface area contributed by atoms with Crippen molar-refractivity contribution < 1.29 is 9.26 Å². The van der Waals surface area contributed by atoms with Crippen molar-refractivity contribution in [2.24, 2.45) is 0 Å². The van der Waals surface area contributed by atoms with Crippen molar-refractivity contribution in [1.29, 1.82) is 0 Å². The number of nitrogens with zero attached hydrogens (tertiary/aromatic N) is 2. The second-order valence-electron chi connectivity index (χ2n) is 4.76. The molecule has 4 rings (SSSR count). The van der Waals surface area contributed by atoms with E-state index in [2.05, 4.69) is 21.5 Å². The summed E-state index contributed by atoms with van der Waals surface area (Å²) in [6.07, 6.45) is 0.714. The second kappa shape index (κ2) is 3.81. The van der Waals surface area contributed by atoms with Gasteiger partial charge in [-0.2, -0.15) is 4.98 Å². The first-order valence-electron chi connectivity index (χ1n) is 6.19. The molecule has 1 aromatic heterocycles. The Hall–Kier alpha value is -1.88. The number of hydrogen-bond donors (Lipinski definition) is 1. The third kappa shape index (κ3) is 1.51. The Morgan fingerprint density at radius 1 is 1.22 bits per heavy atom. The zero-order valence-corrected chi connectivity index (χ0v) is 9.80. The van der Waals surface area contributed by atoms with Crippen molar-refractivity contribution in [1.82, 2.24) is 15.5 Å². The molecule has 18 heavy (non-hydrogen) atoms. The first kappa shape index (κ1) is 10.1. The molecule has 5 heteroatoms. The Kier molecular flexibility index (Phi) is 2.14.